The quantitative estimate of drug-likeness (QED) is 0.810. The van der Waals surface area contributed by atoms with E-state index in [1.54, 1.807) is 0 Å². The fourth-order valence-corrected chi connectivity index (χ4v) is 1.86. The molecule has 0 atom stereocenters. The summed E-state index contributed by atoms with van der Waals surface area (Å²) >= 11 is 0. The molecule has 1 N–H and O–H groups in total. The second kappa shape index (κ2) is 6.48. The van der Waals surface area contributed by atoms with Crippen LogP contribution in [0.1, 0.15) is 31.1 Å². The normalized spacial score (nSPS) is 11.2. The summed E-state index contributed by atoms with van der Waals surface area (Å²) in [6.07, 6.45) is 2.90. The Morgan fingerprint density at radius 3 is 2.58 bits per heavy atom. The van der Waals surface area contributed by atoms with Gasteiger partial charge in [0, 0.05) is 18.8 Å². The van der Waals surface area contributed by atoms with Crippen LogP contribution < -0.4 is 5.32 Å². The van der Waals surface area contributed by atoms with E-state index in [0.717, 1.165) is 30.8 Å². The Hall–Kier alpha value is -1.68. The van der Waals surface area contributed by atoms with Crippen molar-refractivity contribution in [3.8, 4) is 0 Å². The van der Waals surface area contributed by atoms with Crippen LogP contribution in [0, 0.1) is 5.82 Å². The Kier molecular flexibility index (Phi) is 4.68. The molecule has 0 bridgehead atoms. The molecule has 0 amide bonds. The first kappa shape index (κ1) is 13.7. The summed E-state index contributed by atoms with van der Waals surface area (Å²) in [7, 11) is 0. The van der Waals surface area contributed by atoms with Gasteiger partial charge in [-0.1, -0.05) is 12.1 Å². The zero-order chi connectivity index (χ0) is 13.7. The van der Waals surface area contributed by atoms with E-state index in [1.165, 1.54) is 12.1 Å². The molecule has 1 heterocycles. The number of nitrogens with one attached hydrogen (secondary N) is 1. The van der Waals surface area contributed by atoms with Crippen LogP contribution in [-0.2, 0) is 13.0 Å². The number of aromatic nitrogens is 2. The molecule has 0 saturated heterocycles. The van der Waals surface area contributed by atoms with Crippen molar-refractivity contribution in [1.29, 1.82) is 0 Å². The minimum atomic E-state index is -0.184. The highest BCUT2D eigenvalue weighted by molar-refractivity contribution is 5.16. The summed E-state index contributed by atoms with van der Waals surface area (Å²) in [5.41, 5.74) is 2.19. The molecular weight excluding hydrogens is 241 g/mol. The lowest BCUT2D eigenvalue weighted by Crippen LogP contribution is -2.17. The molecule has 0 radical (unpaired) electrons. The van der Waals surface area contributed by atoms with Gasteiger partial charge in [0.1, 0.15) is 5.82 Å². The molecule has 2 aromatic rings. The van der Waals surface area contributed by atoms with Crippen LogP contribution in [0.25, 0.3) is 0 Å². The molecule has 0 aliphatic heterocycles. The van der Waals surface area contributed by atoms with Crippen molar-refractivity contribution < 1.29 is 4.39 Å². The van der Waals surface area contributed by atoms with Gasteiger partial charge in [-0.15, -0.1) is 0 Å². The summed E-state index contributed by atoms with van der Waals surface area (Å²) in [4.78, 5) is 0. The largest absolute Gasteiger partial charge is 0.311 e. The first-order valence-corrected chi connectivity index (χ1v) is 6.64. The molecule has 0 unspecified atom stereocenters. The van der Waals surface area contributed by atoms with Gasteiger partial charge in [-0.3, -0.25) is 4.68 Å². The average Bonchev–Trinajstić information content (AvgIpc) is 2.86. The van der Waals surface area contributed by atoms with Crippen molar-refractivity contribution >= 4 is 0 Å². The number of rotatable bonds is 6. The van der Waals surface area contributed by atoms with E-state index in [0.29, 0.717) is 6.04 Å². The highest BCUT2D eigenvalue weighted by Crippen LogP contribution is 2.05. The summed E-state index contributed by atoms with van der Waals surface area (Å²) in [5.74, 6) is -0.184. The van der Waals surface area contributed by atoms with E-state index in [-0.39, 0.29) is 5.82 Å². The highest BCUT2D eigenvalue weighted by Gasteiger charge is 2.01. The lowest BCUT2D eigenvalue weighted by atomic mass is 10.1. The van der Waals surface area contributed by atoms with Gasteiger partial charge >= 0.3 is 0 Å². The third-order valence-corrected chi connectivity index (χ3v) is 3.00. The number of benzene rings is 1. The molecule has 102 valence electrons. The van der Waals surface area contributed by atoms with Gasteiger partial charge in [-0.25, -0.2) is 4.39 Å². The Balaban J connectivity index is 1.72. The van der Waals surface area contributed by atoms with Crippen LogP contribution in [-0.4, -0.2) is 16.3 Å². The predicted molar refractivity (Wildman–Crippen MR) is 74.4 cm³/mol. The smallest absolute Gasteiger partial charge is 0.123 e. The molecule has 19 heavy (non-hydrogen) atoms. The van der Waals surface area contributed by atoms with Crippen LogP contribution in [0.2, 0.25) is 0 Å². The van der Waals surface area contributed by atoms with Gasteiger partial charge in [0.2, 0.25) is 0 Å². The summed E-state index contributed by atoms with van der Waals surface area (Å²) in [6.45, 7) is 5.85. The highest BCUT2D eigenvalue weighted by atomic mass is 19.1. The van der Waals surface area contributed by atoms with Gasteiger partial charge in [-0.2, -0.15) is 5.10 Å². The fourth-order valence-electron chi connectivity index (χ4n) is 1.86. The molecule has 0 fully saturated rings. The van der Waals surface area contributed by atoms with E-state index < -0.39 is 0 Å². The van der Waals surface area contributed by atoms with Crippen LogP contribution >= 0.6 is 0 Å². The van der Waals surface area contributed by atoms with Gasteiger partial charge in [0.05, 0.1) is 5.69 Å². The second-order valence-corrected chi connectivity index (χ2v) is 4.93. The maximum absolute atomic E-state index is 12.7. The van der Waals surface area contributed by atoms with Crippen molar-refractivity contribution in [2.45, 2.75) is 32.9 Å². The minimum Gasteiger partial charge on any atom is -0.311 e. The lowest BCUT2D eigenvalue weighted by molar-refractivity contribution is 0.521. The van der Waals surface area contributed by atoms with Crippen molar-refractivity contribution in [3.05, 3.63) is 53.6 Å². The molecule has 1 aromatic carbocycles. The van der Waals surface area contributed by atoms with E-state index in [9.17, 15) is 4.39 Å². The van der Waals surface area contributed by atoms with Crippen LogP contribution in [0.15, 0.2) is 36.5 Å². The standard InChI is InChI=1S/C15H20FN3/c1-12(2)19-10-8-15(18-19)11-17-9-7-13-3-5-14(16)6-4-13/h3-6,8,10,12,17H,7,9,11H2,1-2H3. The molecule has 1 aromatic heterocycles. The number of nitrogens with zero attached hydrogens (tertiary/aromatic N) is 2. The lowest BCUT2D eigenvalue weighted by Gasteiger charge is -2.05. The maximum atomic E-state index is 12.7. The van der Waals surface area contributed by atoms with E-state index in [4.69, 9.17) is 0 Å². The van der Waals surface area contributed by atoms with E-state index in [1.807, 2.05) is 29.1 Å². The molecule has 0 aliphatic carbocycles. The van der Waals surface area contributed by atoms with Gasteiger partial charge < -0.3 is 5.32 Å². The van der Waals surface area contributed by atoms with Gasteiger partial charge in [0.25, 0.3) is 0 Å². The zero-order valence-corrected chi connectivity index (χ0v) is 11.4. The summed E-state index contributed by atoms with van der Waals surface area (Å²) in [6, 6.07) is 9.08. The van der Waals surface area contributed by atoms with Crippen LogP contribution in [0.3, 0.4) is 0 Å². The Labute approximate surface area is 113 Å². The fraction of sp³-hybridized carbons (Fsp3) is 0.400. The van der Waals surface area contributed by atoms with E-state index >= 15 is 0 Å². The first-order chi connectivity index (χ1) is 9.15. The Morgan fingerprint density at radius 2 is 1.95 bits per heavy atom. The molecule has 2 rings (SSSR count). The molecule has 0 spiro atoms. The summed E-state index contributed by atoms with van der Waals surface area (Å²) in [5, 5.41) is 7.82. The molecule has 0 saturated carbocycles. The zero-order valence-electron chi connectivity index (χ0n) is 11.4. The third-order valence-electron chi connectivity index (χ3n) is 3.00. The number of hydrogen-bond donors (Lipinski definition) is 1. The minimum absolute atomic E-state index is 0.184. The summed E-state index contributed by atoms with van der Waals surface area (Å²) < 4.78 is 14.7. The van der Waals surface area contributed by atoms with Crippen molar-refractivity contribution in [2.24, 2.45) is 0 Å². The van der Waals surface area contributed by atoms with Crippen molar-refractivity contribution in [3.63, 3.8) is 0 Å². The van der Waals surface area contributed by atoms with Gasteiger partial charge in [0.15, 0.2) is 0 Å². The van der Waals surface area contributed by atoms with Crippen LogP contribution in [0.4, 0.5) is 4.39 Å². The molecule has 4 heteroatoms. The Morgan fingerprint density at radius 1 is 1.21 bits per heavy atom. The molecular formula is C15H20FN3. The van der Waals surface area contributed by atoms with Crippen molar-refractivity contribution in [1.82, 2.24) is 15.1 Å². The maximum Gasteiger partial charge on any atom is 0.123 e. The van der Waals surface area contributed by atoms with E-state index in [2.05, 4.69) is 24.3 Å². The molecule has 0 aliphatic rings. The second-order valence-electron chi connectivity index (χ2n) is 4.93. The third kappa shape index (κ3) is 4.17. The average molecular weight is 261 g/mol. The Bertz CT molecular complexity index is 502. The number of halogens is 1. The van der Waals surface area contributed by atoms with Gasteiger partial charge in [-0.05, 0) is 50.6 Å². The first-order valence-electron chi connectivity index (χ1n) is 6.64. The monoisotopic (exact) mass is 261 g/mol. The van der Waals surface area contributed by atoms with Crippen molar-refractivity contribution in [2.75, 3.05) is 6.54 Å². The predicted octanol–water partition coefficient (Wildman–Crippen LogP) is 2.94. The molecule has 3 nitrogen and oxygen atoms in total. The number of hydrogen-bond acceptors (Lipinski definition) is 2. The SMILES string of the molecule is CC(C)n1ccc(CNCCc2ccc(F)cc2)n1. The topological polar surface area (TPSA) is 29.9 Å². The van der Waals surface area contributed by atoms with Crippen LogP contribution in [0.5, 0.6) is 0 Å².